The van der Waals surface area contributed by atoms with Crippen LogP contribution in [0.15, 0.2) is 54.1 Å². The number of esters is 1. The second-order valence-corrected chi connectivity index (χ2v) is 5.64. The highest BCUT2D eigenvalue weighted by atomic mass is 16.6. The van der Waals surface area contributed by atoms with E-state index in [2.05, 4.69) is 4.74 Å². The summed E-state index contributed by atoms with van der Waals surface area (Å²) in [5.41, 5.74) is 2.02. The maximum atomic E-state index is 12.5. The maximum absolute atomic E-state index is 12.5. The monoisotopic (exact) mass is 338 g/mol. The van der Waals surface area contributed by atoms with Crippen molar-refractivity contribution in [2.45, 2.75) is 13.0 Å². The summed E-state index contributed by atoms with van der Waals surface area (Å²) in [5.74, 6) is 0.707. The first-order valence-corrected chi connectivity index (χ1v) is 7.90. The van der Waals surface area contributed by atoms with E-state index in [0.717, 1.165) is 5.56 Å². The van der Waals surface area contributed by atoms with Crippen LogP contribution in [0.25, 0.3) is 6.08 Å². The lowest BCUT2D eigenvalue weighted by atomic mass is 9.98. The molecule has 0 amide bonds. The molecule has 5 heteroatoms. The summed E-state index contributed by atoms with van der Waals surface area (Å²) in [6.07, 6.45) is 1.12. The fraction of sp³-hybridized carbons (Fsp3) is 0.200. The average molecular weight is 338 g/mol. The Labute approximate surface area is 145 Å². The maximum Gasteiger partial charge on any atom is 0.346 e. The van der Waals surface area contributed by atoms with Gasteiger partial charge >= 0.3 is 5.97 Å². The Hall–Kier alpha value is -3.08. The minimum Gasteiger partial charge on any atom is -0.488 e. The van der Waals surface area contributed by atoms with Gasteiger partial charge < -0.3 is 14.2 Å². The predicted molar refractivity (Wildman–Crippen MR) is 92.8 cm³/mol. The molecular formula is C20H18O5. The molecule has 0 bridgehead atoms. The Morgan fingerprint density at radius 1 is 1.16 bits per heavy atom. The number of hydrogen-bond donors (Lipinski definition) is 0. The number of methoxy groups -OCH3 is 1. The Kier molecular flexibility index (Phi) is 4.84. The summed E-state index contributed by atoms with van der Waals surface area (Å²) in [4.78, 5) is 23.9. The first-order chi connectivity index (χ1) is 12.1. The second-order valence-electron chi connectivity index (χ2n) is 5.64. The summed E-state index contributed by atoms with van der Waals surface area (Å²) in [6, 6.07) is 14.3. The molecule has 0 aliphatic carbocycles. The Balaban J connectivity index is 1.74. The van der Waals surface area contributed by atoms with Gasteiger partial charge in [-0.1, -0.05) is 24.3 Å². The zero-order valence-corrected chi connectivity index (χ0v) is 14.0. The van der Waals surface area contributed by atoms with E-state index in [9.17, 15) is 9.59 Å². The Bertz CT molecular complexity index is 820. The SMILES string of the molecule is COC(=O)C(C)Oc1ccc(C=C2COc3ccccc3C2=O)cc1. The molecule has 5 nitrogen and oxygen atoms in total. The van der Waals surface area contributed by atoms with Crippen LogP contribution < -0.4 is 9.47 Å². The van der Waals surface area contributed by atoms with Crippen LogP contribution in [0.5, 0.6) is 11.5 Å². The molecular weight excluding hydrogens is 320 g/mol. The van der Waals surface area contributed by atoms with Crippen LogP contribution in [-0.2, 0) is 9.53 Å². The number of carbonyl (C=O) groups is 2. The van der Waals surface area contributed by atoms with Crippen molar-refractivity contribution >= 4 is 17.8 Å². The topological polar surface area (TPSA) is 61.8 Å². The number of para-hydroxylation sites is 1. The van der Waals surface area contributed by atoms with Crippen LogP contribution >= 0.6 is 0 Å². The van der Waals surface area contributed by atoms with Gasteiger partial charge in [-0.2, -0.15) is 0 Å². The minimum absolute atomic E-state index is 0.0264. The van der Waals surface area contributed by atoms with Crippen molar-refractivity contribution in [3.05, 3.63) is 65.2 Å². The number of carbonyl (C=O) groups excluding carboxylic acids is 2. The lowest BCUT2D eigenvalue weighted by molar-refractivity contribution is -0.147. The number of rotatable bonds is 4. The van der Waals surface area contributed by atoms with Crippen LogP contribution in [0, 0.1) is 0 Å². The van der Waals surface area contributed by atoms with E-state index < -0.39 is 12.1 Å². The van der Waals surface area contributed by atoms with Gasteiger partial charge in [-0.15, -0.1) is 0 Å². The van der Waals surface area contributed by atoms with Gasteiger partial charge in [-0.05, 0) is 42.8 Å². The van der Waals surface area contributed by atoms with Gasteiger partial charge in [0.2, 0.25) is 0 Å². The fourth-order valence-electron chi connectivity index (χ4n) is 2.54. The zero-order valence-electron chi connectivity index (χ0n) is 14.0. The molecule has 1 aliphatic heterocycles. The standard InChI is InChI=1S/C20H18O5/c1-13(20(22)23-2)25-16-9-7-14(8-10-16)11-15-12-24-18-6-4-3-5-17(18)19(15)21/h3-11,13H,12H2,1-2H3. The first kappa shape index (κ1) is 16.8. The Morgan fingerprint density at radius 3 is 2.60 bits per heavy atom. The third-order valence-electron chi connectivity index (χ3n) is 3.87. The summed E-state index contributed by atoms with van der Waals surface area (Å²) < 4.78 is 15.7. The Morgan fingerprint density at radius 2 is 1.88 bits per heavy atom. The van der Waals surface area contributed by atoms with E-state index >= 15 is 0 Å². The third-order valence-corrected chi connectivity index (χ3v) is 3.87. The van der Waals surface area contributed by atoms with Crippen molar-refractivity contribution in [3.8, 4) is 11.5 Å². The molecule has 0 radical (unpaired) electrons. The summed E-state index contributed by atoms with van der Waals surface area (Å²) in [7, 11) is 1.32. The number of fused-ring (bicyclic) bond motifs is 1. The number of Topliss-reactive ketones (excluding diaryl/α,β-unsaturated/α-hetero) is 1. The van der Waals surface area contributed by atoms with Crippen molar-refractivity contribution < 1.29 is 23.8 Å². The third kappa shape index (κ3) is 3.71. The smallest absolute Gasteiger partial charge is 0.346 e. The van der Waals surface area contributed by atoms with E-state index in [1.54, 1.807) is 37.3 Å². The molecule has 2 aromatic carbocycles. The molecule has 1 heterocycles. The highest BCUT2D eigenvalue weighted by Crippen LogP contribution is 2.27. The number of ether oxygens (including phenoxy) is 3. The van der Waals surface area contributed by atoms with Crippen LogP contribution in [0.1, 0.15) is 22.8 Å². The van der Waals surface area contributed by atoms with Gasteiger partial charge in [0.25, 0.3) is 0 Å². The summed E-state index contributed by atoms with van der Waals surface area (Å²) >= 11 is 0. The van der Waals surface area contributed by atoms with Gasteiger partial charge in [0.15, 0.2) is 11.9 Å². The molecule has 25 heavy (non-hydrogen) atoms. The molecule has 1 atom stereocenters. The molecule has 1 unspecified atom stereocenters. The van der Waals surface area contributed by atoms with Gasteiger partial charge in [0.05, 0.1) is 12.7 Å². The largest absolute Gasteiger partial charge is 0.488 e. The van der Waals surface area contributed by atoms with Gasteiger partial charge in [-0.25, -0.2) is 4.79 Å². The van der Waals surface area contributed by atoms with E-state index in [1.807, 2.05) is 24.3 Å². The van der Waals surface area contributed by atoms with Crippen molar-refractivity contribution in [1.82, 2.24) is 0 Å². The molecule has 0 fully saturated rings. The van der Waals surface area contributed by atoms with Crippen molar-refractivity contribution in [3.63, 3.8) is 0 Å². The molecule has 1 aliphatic rings. The van der Waals surface area contributed by atoms with Crippen molar-refractivity contribution in [2.24, 2.45) is 0 Å². The van der Waals surface area contributed by atoms with Gasteiger partial charge in [0.1, 0.15) is 18.1 Å². The van der Waals surface area contributed by atoms with E-state index in [-0.39, 0.29) is 12.4 Å². The van der Waals surface area contributed by atoms with Crippen LogP contribution in [0.4, 0.5) is 0 Å². The molecule has 2 aromatic rings. The molecule has 0 spiro atoms. The summed E-state index contributed by atoms with van der Waals surface area (Å²) in [5, 5.41) is 0. The van der Waals surface area contributed by atoms with E-state index in [0.29, 0.717) is 22.6 Å². The lowest BCUT2D eigenvalue weighted by Gasteiger charge is -2.18. The van der Waals surface area contributed by atoms with Crippen LogP contribution in [0.2, 0.25) is 0 Å². The van der Waals surface area contributed by atoms with Gasteiger partial charge in [-0.3, -0.25) is 4.79 Å². The number of hydrogen-bond acceptors (Lipinski definition) is 5. The first-order valence-electron chi connectivity index (χ1n) is 7.90. The second kappa shape index (κ2) is 7.21. The highest BCUT2D eigenvalue weighted by molar-refractivity contribution is 6.14. The fourth-order valence-corrected chi connectivity index (χ4v) is 2.54. The quantitative estimate of drug-likeness (QED) is 0.632. The molecule has 128 valence electrons. The van der Waals surface area contributed by atoms with Crippen LogP contribution in [-0.4, -0.2) is 31.6 Å². The highest BCUT2D eigenvalue weighted by Gasteiger charge is 2.22. The molecule has 0 saturated heterocycles. The van der Waals surface area contributed by atoms with E-state index in [4.69, 9.17) is 9.47 Å². The minimum atomic E-state index is -0.681. The molecule has 0 aromatic heterocycles. The molecule has 0 N–H and O–H groups in total. The molecule has 0 saturated carbocycles. The average Bonchev–Trinajstić information content (AvgIpc) is 2.65. The number of ketones is 1. The number of benzene rings is 2. The molecule has 3 rings (SSSR count). The normalized spacial score (nSPS) is 15.9. The summed E-state index contributed by atoms with van der Waals surface area (Å²) in [6.45, 7) is 1.87. The van der Waals surface area contributed by atoms with Gasteiger partial charge in [0, 0.05) is 5.57 Å². The zero-order chi connectivity index (χ0) is 17.8. The van der Waals surface area contributed by atoms with Crippen LogP contribution in [0.3, 0.4) is 0 Å². The lowest BCUT2D eigenvalue weighted by Crippen LogP contribution is -2.24. The van der Waals surface area contributed by atoms with Crippen molar-refractivity contribution in [2.75, 3.05) is 13.7 Å². The predicted octanol–water partition coefficient (Wildman–Crippen LogP) is 3.29. The van der Waals surface area contributed by atoms with E-state index in [1.165, 1.54) is 7.11 Å². The van der Waals surface area contributed by atoms with Crippen molar-refractivity contribution in [1.29, 1.82) is 0 Å².